The van der Waals surface area contributed by atoms with Crippen molar-refractivity contribution in [3.05, 3.63) is 22.4 Å². The number of carbonyl (C=O) groups excluding carboxylic acids is 1. The molecule has 1 aliphatic heterocycles. The highest BCUT2D eigenvalue weighted by Gasteiger charge is 2.24. The molecule has 0 aromatic carbocycles. The van der Waals surface area contributed by atoms with Gasteiger partial charge in [0.05, 0.1) is 13.2 Å². The Balaban J connectivity index is 1.70. The summed E-state index contributed by atoms with van der Waals surface area (Å²) < 4.78 is 5.24. The van der Waals surface area contributed by atoms with Crippen LogP contribution in [0, 0.1) is 5.92 Å². The fourth-order valence-electron chi connectivity index (χ4n) is 1.97. The molecule has 6 heteroatoms. The second kappa shape index (κ2) is 6.36. The molecule has 1 aliphatic rings. The molecule has 0 saturated carbocycles. The van der Waals surface area contributed by atoms with E-state index in [1.807, 2.05) is 16.8 Å². The Kier molecular flexibility index (Phi) is 4.79. The van der Waals surface area contributed by atoms with Crippen molar-refractivity contribution in [2.45, 2.75) is 18.9 Å². The summed E-state index contributed by atoms with van der Waals surface area (Å²) in [5.74, 6) is 0.406. The number of carbonyl (C=O) groups is 1. The van der Waals surface area contributed by atoms with Crippen molar-refractivity contribution in [3.8, 4) is 0 Å². The first kappa shape index (κ1) is 14.3. The molecule has 106 valence electrons. The largest absolute Gasteiger partial charge is 0.384 e. The van der Waals surface area contributed by atoms with Gasteiger partial charge in [-0.3, -0.25) is 0 Å². The van der Waals surface area contributed by atoms with Crippen LogP contribution in [0.1, 0.15) is 18.9 Å². The molecule has 2 atom stereocenters. The minimum Gasteiger partial charge on any atom is -0.384 e. The fourth-order valence-corrected chi connectivity index (χ4v) is 2.75. The van der Waals surface area contributed by atoms with Gasteiger partial charge in [-0.1, -0.05) is 0 Å². The van der Waals surface area contributed by atoms with Crippen molar-refractivity contribution in [2.75, 3.05) is 26.3 Å². The molecule has 19 heavy (non-hydrogen) atoms. The minimum absolute atomic E-state index is 0.191. The quantitative estimate of drug-likeness (QED) is 0.763. The fraction of sp³-hybridized carbons (Fsp3) is 0.615. The van der Waals surface area contributed by atoms with Crippen LogP contribution in [0.5, 0.6) is 0 Å². The van der Waals surface area contributed by atoms with Crippen LogP contribution in [0.3, 0.4) is 0 Å². The average molecular weight is 284 g/mol. The van der Waals surface area contributed by atoms with E-state index in [2.05, 4.69) is 10.6 Å². The summed E-state index contributed by atoms with van der Waals surface area (Å²) in [7, 11) is 0. The Hall–Kier alpha value is -1.11. The Morgan fingerprint density at radius 2 is 2.47 bits per heavy atom. The van der Waals surface area contributed by atoms with Gasteiger partial charge in [-0.15, -0.1) is 0 Å². The van der Waals surface area contributed by atoms with Crippen LogP contribution in [0.25, 0.3) is 0 Å². The zero-order chi connectivity index (χ0) is 13.7. The molecule has 0 spiro atoms. The normalized spacial score (nSPS) is 21.9. The Morgan fingerprint density at radius 3 is 3.11 bits per heavy atom. The number of aliphatic hydroxyl groups is 1. The van der Waals surface area contributed by atoms with Gasteiger partial charge in [0, 0.05) is 19.1 Å². The molecule has 0 aliphatic carbocycles. The van der Waals surface area contributed by atoms with Gasteiger partial charge in [-0.2, -0.15) is 11.3 Å². The van der Waals surface area contributed by atoms with Crippen LogP contribution in [0.15, 0.2) is 16.8 Å². The van der Waals surface area contributed by atoms with E-state index in [-0.39, 0.29) is 12.6 Å². The highest BCUT2D eigenvalue weighted by Crippen LogP contribution is 2.21. The van der Waals surface area contributed by atoms with Gasteiger partial charge in [0.25, 0.3) is 0 Å². The standard InChI is InChI=1S/C13H20N2O3S/c1-13(17,11-3-5-19-8-11)9-15-12(16)14-6-10-2-4-18-7-10/h3,5,8,10,17H,2,4,6-7,9H2,1H3,(H2,14,15,16)/t10-,13+/m1/s1. The molecular weight excluding hydrogens is 264 g/mol. The SMILES string of the molecule is C[C@](O)(CNC(=O)NC[C@H]1CCOC1)c1ccsc1. The van der Waals surface area contributed by atoms with E-state index in [0.29, 0.717) is 19.1 Å². The summed E-state index contributed by atoms with van der Waals surface area (Å²) >= 11 is 1.53. The number of hydrogen-bond donors (Lipinski definition) is 3. The average Bonchev–Trinajstić information content (AvgIpc) is 3.06. The molecule has 0 unspecified atom stereocenters. The minimum atomic E-state index is -1.03. The van der Waals surface area contributed by atoms with Crippen molar-refractivity contribution >= 4 is 17.4 Å². The maximum Gasteiger partial charge on any atom is 0.314 e. The van der Waals surface area contributed by atoms with E-state index in [0.717, 1.165) is 18.6 Å². The lowest BCUT2D eigenvalue weighted by Crippen LogP contribution is -2.44. The first-order chi connectivity index (χ1) is 9.08. The summed E-state index contributed by atoms with van der Waals surface area (Å²) in [5.41, 5.74) is -0.213. The number of amides is 2. The van der Waals surface area contributed by atoms with Crippen LogP contribution in [0.4, 0.5) is 4.79 Å². The molecule has 3 N–H and O–H groups in total. The van der Waals surface area contributed by atoms with Gasteiger partial charge in [0.2, 0.25) is 0 Å². The second-order valence-electron chi connectivity index (χ2n) is 5.08. The second-order valence-corrected chi connectivity index (χ2v) is 5.86. The highest BCUT2D eigenvalue weighted by molar-refractivity contribution is 7.08. The Bertz CT molecular complexity index is 400. The maximum absolute atomic E-state index is 11.6. The van der Waals surface area contributed by atoms with Crippen LogP contribution in [-0.2, 0) is 10.3 Å². The molecule has 2 rings (SSSR count). The summed E-state index contributed by atoms with van der Waals surface area (Å²) in [6.45, 7) is 4.00. The number of nitrogens with one attached hydrogen (secondary N) is 2. The predicted octanol–water partition coefficient (Wildman–Crippen LogP) is 1.29. The Labute approximate surface area is 117 Å². The molecule has 1 saturated heterocycles. The van der Waals surface area contributed by atoms with Crippen LogP contribution < -0.4 is 10.6 Å². The smallest absolute Gasteiger partial charge is 0.314 e. The van der Waals surface area contributed by atoms with Crippen LogP contribution >= 0.6 is 11.3 Å². The van der Waals surface area contributed by atoms with E-state index in [9.17, 15) is 9.90 Å². The molecule has 1 fully saturated rings. The third-order valence-electron chi connectivity index (χ3n) is 3.31. The molecule has 2 amide bonds. The molecule has 1 aromatic heterocycles. The lowest BCUT2D eigenvalue weighted by molar-refractivity contribution is 0.0598. The van der Waals surface area contributed by atoms with E-state index in [1.165, 1.54) is 11.3 Å². The van der Waals surface area contributed by atoms with Crippen molar-refractivity contribution < 1.29 is 14.6 Å². The molecule has 5 nitrogen and oxygen atoms in total. The molecule has 0 bridgehead atoms. The Morgan fingerprint density at radius 1 is 1.63 bits per heavy atom. The predicted molar refractivity (Wildman–Crippen MR) is 74.2 cm³/mol. The van der Waals surface area contributed by atoms with Gasteiger partial charge in [0.15, 0.2) is 0 Å². The van der Waals surface area contributed by atoms with Gasteiger partial charge < -0.3 is 20.5 Å². The monoisotopic (exact) mass is 284 g/mol. The summed E-state index contributed by atoms with van der Waals surface area (Å²) in [4.78, 5) is 11.6. The summed E-state index contributed by atoms with van der Waals surface area (Å²) in [6.07, 6.45) is 0.993. The lowest BCUT2D eigenvalue weighted by atomic mass is 9.99. The van der Waals surface area contributed by atoms with Crippen molar-refractivity contribution in [2.24, 2.45) is 5.92 Å². The van der Waals surface area contributed by atoms with E-state index in [1.54, 1.807) is 6.92 Å². The van der Waals surface area contributed by atoms with Gasteiger partial charge in [-0.05, 0) is 35.7 Å². The first-order valence-corrected chi connectivity index (χ1v) is 7.37. The van der Waals surface area contributed by atoms with Crippen LogP contribution in [0.2, 0.25) is 0 Å². The number of hydrogen-bond acceptors (Lipinski definition) is 4. The topological polar surface area (TPSA) is 70.6 Å². The zero-order valence-corrected chi connectivity index (χ0v) is 11.8. The maximum atomic E-state index is 11.6. The van der Waals surface area contributed by atoms with E-state index >= 15 is 0 Å². The molecular formula is C13H20N2O3S. The van der Waals surface area contributed by atoms with Gasteiger partial charge in [-0.25, -0.2) is 4.79 Å². The third kappa shape index (κ3) is 4.19. The molecule has 1 aromatic rings. The number of urea groups is 1. The van der Waals surface area contributed by atoms with Gasteiger partial charge in [0.1, 0.15) is 5.60 Å². The van der Waals surface area contributed by atoms with E-state index < -0.39 is 5.60 Å². The first-order valence-electron chi connectivity index (χ1n) is 6.42. The summed E-state index contributed by atoms with van der Waals surface area (Å²) in [6, 6.07) is 1.61. The van der Waals surface area contributed by atoms with E-state index in [4.69, 9.17) is 4.74 Å². The van der Waals surface area contributed by atoms with Crippen molar-refractivity contribution in [3.63, 3.8) is 0 Å². The van der Waals surface area contributed by atoms with Crippen LogP contribution in [-0.4, -0.2) is 37.4 Å². The zero-order valence-electron chi connectivity index (χ0n) is 11.0. The molecule has 0 radical (unpaired) electrons. The molecule has 2 heterocycles. The number of thiophene rings is 1. The number of rotatable bonds is 5. The summed E-state index contributed by atoms with van der Waals surface area (Å²) in [5, 5.41) is 19.5. The van der Waals surface area contributed by atoms with Gasteiger partial charge >= 0.3 is 6.03 Å². The lowest BCUT2D eigenvalue weighted by Gasteiger charge is -2.23. The third-order valence-corrected chi connectivity index (χ3v) is 3.99. The van der Waals surface area contributed by atoms with Crippen molar-refractivity contribution in [1.29, 1.82) is 0 Å². The van der Waals surface area contributed by atoms with Crippen molar-refractivity contribution in [1.82, 2.24) is 10.6 Å². The highest BCUT2D eigenvalue weighted by atomic mass is 32.1. The number of ether oxygens (including phenoxy) is 1.